The summed E-state index contributed by atoms with van der Waals surface area (Å²) in [4.78, 5) is 16.8. The molecule has 26 heavy (non-hydrogen) atoms. The van der Waals surface area contributed by atoms with Gasteiger partial charge in [0.2, 0.25) is 15.9 Å². The minimum Gasteiger partial charge on any atom is -0.326 e. The third-order valence-corrected chi connectivity index (χ3v) is 6.29. The van der Waals surface area contributed by atoms with E-state index in [0.717, 1.165) is 11.7 Å². The number of benzene rings is 1. The molecule has 0 aliphatic carbocycles. The lowest BCUT2D eigenvalue weighted by atomic mass is 10.3. The Labute approximate surface area is 158 Å². The van der Waals surface area contributed by atoms with Crippen LogP contribution < -0.4 is 10.0 Å². The first kappa shape index (κ1) is 20.5. The fourth-order valence-corrected chi connectivity index (χ4v) is 4.39. The molecular formula is C17H24N4O3S2. The molecule has 2 aromatic rings. The Balaban J connectivity index is 2.01. The highest BCUT2D eigenvalue weighted by Crippen LogP contribution is 2.23. The van der Waals surface area contributed by atoms with Crippen molar-refractivity contribution in [3.05, 3.63) is 36.7 Å². The summed E-state index contributed by atoms with van der Waals surface area (Å²) in [6.45, 7) is 8.13. The van der Waals surface area contributed by atoms with E-state index in [9.17, 15) is 13.2 Å². The lowest BCUT2D eigenvalue weighted by Gasteiger charge is -2.13. The number of nitrogens with zero attached hydrogens (tertiary/aromatic N) is 2. The van der Waals surface area contributed by atoms with Crippen molar-refractivity contribution in [3.63, 3.8) is 0 Å². The second kappa shape index (κ2) is 8.70. The molecular weight excluding hydrogens is 372 g/mol. The zero-order chi connectivity index (χ0) is 19.3. The second-order valence-corrected chi connectivity index (χ2v) is 9.07. The SMILES string of the molecule is CCn1ccnc1S[C@H](C)C(=O)Nc1ccc(S(=O)(=O)NC(C)C)cc1. The molecule has 2 N–H and O–H groups in total. The van der Waals surface area contributed by atoms with Gasteiger partial charge in [-0.1, -0.05) is 11.8 Å². The molecule has 0 unspecified atom stereocenters. The summed E-state index contributed by atoms with van der Waals surface area (Å²) in [5.41, 5.74) is 0.546. The van der Waals surface area contributed by atoms with Crippen molar-refractivity contribution < 1.29 is 13.2 Å². The molecule has 0 fully saturated rings. The molecule has 2 rings (SSSR count). The summed E-state index contributed by atoms with van der Waals surface area (Å²) in [5, 5.41) is 3.25. The van der Waals surface area contributed by atoms with E-state index in [1.807, 2.05) is 17.7 Å². The van der Waals surface area contributed by atoms with Crippen LogP contribution in [-0.4, -0.2) is 35.2 Å². The maximum atomic E-state index is 12.4. The second-order valence-electron chi connectivity index (χ2n) is 6.05. The Morgan fingerprint density at radius 1 is 1.23 bits per heavy atom. The predicted octanol–water partition coefficient (Wildman–Crippen LogP) is 2.71. The maximum Gasteiger partial charge on any atom is 0.240 e. The third kappa shape index (κ3) is 5.33. The predicted molar refractivity (Wildman–Crippen MR) is 104 cm³/mol. The Hall–Kier alpha value is -1.84. The van der Waals surface area contributed by atoms with Crippen LogP contribution in [0.25, 0.3) is 0 Å². The van der Waals surface area contributed by atoms with Crippen molar-refractivity contribution >= 4 is 33.4 Å². The topological polar surface area (TPSA) is 93.1 Å². The van der Waals surface area contributed by atoms with Gasteiger partial charge in [-0.15, -0.1) is 0 Å². The van der Waals surface area contributed by atoms with Crippen LogP contribution >= 0.6 is 11.8 Å². The molecule has 0 aliphatic heterocycles. The first-order chi connectivity index (χ1) is 12.2. The summed E-state index contributed by atoms with van der Waals surface area (Å²) >= 11 is 1.38. The Morgan fingerprint density at radius 3 is 2.46 bits per heavy atom. The van der Waals surface area contributed by atoms with Crippen molar-refractivity contribution in [3.8, 4) is 0 Å². The number of aromatic nitrogens is 2. The minimum absolute atomic E-state index is 0.164. The highest BCUT2D eigenvalue weighted by Gasteiger charge is 2.18. The van der Waals surface area contributed by atoms with Crippen LogP contribution in [0.5, 0.6) is 0 Å². The molecule has 9 heteroatoms. The van der Waals surface area contributed by atoms with Gasteiger partial charge in [0.05, 0.1) is 10.1 Å². The summed E-state index contributed by atoms with van der Waals surface area (Å²) in [6, 6.07) is 5.92. The summed E-state index contributed by atoms with van der Waals surface area (Å²) < 4.78 is 28.7. The van der Waals surface area contributed by atoms with Gasteiger partial charge in [-0.05, 0) is 52.0 Å². The van der Waals surface area contributed by atoms with E-state index < -0.39 is 10.0 Å². The molecule has 0 aliphatic rings. The molecule has 0 radical (unpaired) electrons. The minimum atomic E-state index is -3.54. The number of nitrogens with one attached hydrogen (secondary N) is 2. The zero-order valence-electron chi connectivity index (χ0n) is 15.3. The third-order valence-electron chi connectivity index (χ3n) is 3.49. The molecule has 1 aromatic heterocycles. The molecule has 7 nitrogen and oxygen atoms in total. The quantitative estimate of drug-likeness (QED) is 0.669. The molecule has 0 spiro atoms. The monoisotopic (exact) mass is 396 g/mol. The standard InChI is InChI=1S/C17H24N4O3S2/c1-5-21-11-10-18-17(21)25-13(4)16(22)19-14-6-8-15(9-7-14)26(23,24)20-12(2)3/h6-13,20H,5H2,1-4H3,(H,19,22)/t13-/m1/s1. The van der Waals surface area contributed by atoms with Crippen LogP contribution in [0.2, 0.25) is 0 Å². The van der Waals surface area contributed by atoms with Crippen LogP contribution in [0.1, 0.15) is 27.7 Å². The number of aryl methyl sites for hydroxylation is 1. The number of amides is 1. The van der Waals surface area contributed by atoms with Crippen LogP contribution in [0.4, 0.5) is 5.69 Å². The molecule has 142 valence electrons. The lowest BCUT2D eigenvalue weighted by molar-refractivity contribution is -0.115. The molecule has 0 saturated carbocycles. The van der Waals surface area contributed by atoms with Gasteiger partial charge in [-0.3, -0.25) is 4.79 Å². The largest absolute Gasteiger partial charge is 0.326 e. The van der Waals surface area contributed by atoms with E-state index in [-0.39, 0.29) is 22.1 Å². The molecule has 1 atom stereocenters. The van der Waals surface area contributed by atoms with Gasteiger partial charge in [0.1, 0.15) is 0 Å². The van der Waals surface area contributed by atoms with Crippen molar-refractivity contribution in [2.75, 3.05) is 5.32 Å². The fourth-order valence-electron chi connectivity index (χ4n) is 2.21. The van der Waals surface area contributed by atoms with E-state index in [4.69, 9.17) is 0 Å². The number of hydrogen-bond donors (Lipinski definition) is 2. The van der Waals surface area contributed by atoms with Crippen molar-refractivity contribution in [1.82, 2.24) is 14.3 Å². The van der Waals surface area contributed by atoms with Crippen molar-refractivity contribution in [1.29, 1.82) is 0 Å². The molecule has 1 heterocycles. The number of sulfonamides is 1. The van der Waals surface area contributed by atoms with Crippen molar-refractivity contribution in [2.24, 2.45) is 0 Å². The first-order valence-corrected chi connectivity index (χ1v) is 10.7. The first-order valence-electron chi connectivity index (χ1n) is 8.34. The summed E-state index contributed by atoms with van der Waals surface area (Å²) in [7, 11) is -3.54. The van der Waals surface area contributed by atoms with Gasteiger partial charge in [-0.2, -0.15) is 0 Å². The van der Waals surface area contributed by atoms with Gasteiger partial charge in [0, 0.05) is 30.7 Å². The number of thioether (sulfide) groups is 1. The number of hydrogen-bond acceptors (Lipinski definition) is 5. The molecule has 0 saturated heterocycles. The molecule has 1 amide bonds. The average molecular weight is 397 g/mol. The van der Waals surface area contributed by atoms with Gasteiger partial charge >= 0.3 is 0 Å². The Bertz CT molecular complexity index is 845. The van der Waals surface area contributed by atoms with E-state index in [2.05, 4.69) is 15.0 Å². The van der Waals surface area contributed by atoms with Crippen LogP contribution in [-0.2, 0) is 21.4 Å². The van der Waals surface area contributed by atoms with Gasteiger partial charge in [0.15, 0.2) is 5.16 Å². The highest BCUT2D eigenvalue weighted by molar-refractivity contribution is 8.00. The molecule has 1 aromatic carbocycles. The Kier molecular flexibility index (Phi) is 6.85. The summed E-state index contributed by atoms with van der Waals surface area (Å²) in [5.74, 6) is -0.170. The van der Waals surface area contributed by atoms with Crippen molar-refractivity contribution in [2.45, 2.75) is 55.6 Å². The van der Waals surface area contributed by atoms with E-state index >= 15 is 0 Å². The van der Waals surface area contributed by atoms with Crippen LogP contribution in [0, 0.1) is 0 Å². The van der Waals surface area contributed by atoms with Gasteiger partial charge in [0.25, 0.3) is 0 Å². The van der Waals surface area contributed by atoms with Gasteiger partial charge < -0.3 is 9.88 Å². The van der Waals surface area contributed by atoms with Crippen LogP contribution in [0.15, 0.2) is 46.7 Å². The number of anilines is 1. The van der Waals surface area contributed by atoms with E-state index in [1.54, 1.807) is 39.1 Å². The van der Waals surface area contributed by atoms with Crippen LogP contribution in [0.3, 0.4) is 0 Å². The fraction of sp³-hybridized carbons (Fsp3) is 0.412. The highest BCUT2D eigenvalue weighted by atomic mass is 32.2. The van der Waals surface area contributed by atoms with Gasteiger partial charge in [-0.25, -0.2) is 18.1 Å². The Morgan fingerprint density at radius 2 is 1.88 bits per heavy atom. The lowest BCUT2D eigenvalue weighted by Crippen LogP contribution is -2.30. The average Bonchev–Trinajstić information content (AvgIpc) is 3.01. The van der Waals surface area contributed by atoms with E-state index in [1.165, 1.54) is 23.9 Å². The number of carbonyl (C=O) groups is 1. The zero-order valence-corrected chi connectivity index (χ0v) is 16.9. The smallest absolute Gasteiger partial charge is 0.240 e. The molecule has 0 bridgehead atoms. The number of rotatable bonds is 8. The maximum absolute atomic E-state index is 12.4. The summed E-state index contributed by atoms with van der Waals surface area (Å²) in [6.07, 6.45) is 3.58. The number of carbonyl (C=O) groups excluding carboxylic acids is 1. The number of imidazole rings is 1. The normalized spacial score (nSPS) is 13.0. The van der Waals surface area contributed by atoms with E-state index in [0.29, 0.717) is 5.69 Å².